The molecule has 0 atom stereocenters. The van der Waals surface area contributed by atoms with Gasteiger partial charge in [-0.25, -0.2) is 4.79 Å². The molecular formula is C16H10ClNO2. The van der Waals surface area contributed by atoms with Gasteiger partial charge in [0.2, 0.25) is 0 Å². The van der Waals surface area contributed by atoms with Crippen molar-refractivity contribution in [3.8, 4) is 11.1 Å². The van der Waals surface area contributed by atoms with E-state index in [1.165, 1.54) is 6.07 Å². The number of carbonyl (C=O) groups is 1. The molecule has 1 aromatic heterocycles. The summed E-state index contributed by atoms with van der Waals surface area (Å²) >= 11 is 6.22. The van der Waals surface area contributed by atoms with Crippen LogP contribution in [-0.2, 0) is 0 Å². The molecule has 3 nitrogen and oxygen atoms in total. The van der Waals surface area contributed by atoms with E-state index in [0.29, 0.717) is 5.02 Å². The highest BCUT2D eigenvalue weighted by molar-refractivity contribution is 6.34. The van der Waals surface area contributed by atoms with Crippen molar-refractivity contribution in [2.75, 3.05) is 0 Å². The van der Waals surface area contributed by atoms with Crippen molar-refractivity contribution in [2.24, 2.45) is 0 Å². The van der Waals surface area contributed by atoms with Crippen LogP contribution in [-0.4, -0.2) is 16.1 Å². The van der Waals surface area contributed by atoms with Crippen LogP contribution in [0.5, 0.6) is 0 Å². The smallest absolute Gasteiger partial charge is 0.335 e. The van der Waals surface area contributed by atoms with E-state index >= 15 is 0 Å². The number of halogens is 1. The lowest BCUT2D eigenvalue weighted by molar-refractivity contribution is 0.0697. The second-order valence-electron chi connectivity index (χ2n) is 4.38. The van der Waals surface area contributed by atoms with Gasteiger partial charge >= 0.3 is 5.97 Å². The van der Waals surface area contributed by atoms with Crippen molar-refractivity contribution in [2.45, 2.75) is 0 Å². The zero-order valence-electron chi connectivity index (χ0n) is 10.4. The molecule has 98 valence electrons. The molecule has 0 radical (unpaired) electrons. The summed E-state index contributed by atoms with van der Waals surface area (Å²) in [7, 11) is 0. The molecule has 0 saturated heterocycles. The Morgan fingerprint density at radius 3 is 2.60 bits per heavy atom. The molecule has 0 saturated carbocycles. The largest absolute Gasteiger partial charge is 0.478 e. The second-order valence-corrected chi connectivity index (χ2v) is 4.79. The fraction of sp³-hybridized carbons (Fsp3) is 0. The number of rotatable bonds is 2. The average molecular weight is 284 g/mol. The Labute approximate surface area is 120 Å². The van der Waals surface area contributed by atoms with Crippen LogP contribution in [0.2, 0.25) is 5.02 Å². The highest BCUT2D eigenvalue weighted by atomic mass is 35.5. The summed E-state index contributed by atoms with van der Waals surface area (Å²) in [5.41, 5.74) is 2.69. The van der Waals surface area contributed by atoms with Gasteiger partial charge < -0.3 is 5.11 Å². The van der Waals surface area contributed by atoms with Crippen LogP contribution in [0.3, 0.4) is 0 Å². The van der Waals surface area contributed by atoms with E-state index in [-0.39, 0.29) is 5.56 Å². The Bertz CT molecular complexity index is 809. The topological polar surface area (TPSA) is 50.2 Å². The monoisotopic (exact) mass is 283 g/mol. The van der Waals surface area contributed by atoms with Crippen LogP contribution < -0.4 is 0 Å². The van der Waals surface area contributed by atoms with Crippen molar-refractivity contribution in [1.29, 1.82) is 0 Å². The number of benzene rings is 2. The van der Waals surface area contributed by atoms with Crippen molar-refractivity contribution < 1.29 is 9.90 Å². The minimum absolute atomic E-state index is 0.173. The molecule has 0 spiro atoms. The van der Waals surface area contributed by atoms with Crippen LogP contribution in [0.25, 0.3) is 22.0 Å². The number of hydrogen-bond acceptors (Lipinski definition) is 2. The lowest BCUT2D eigenvalue weighted by Crippen LogP contribution is -1.96. The first-order valence-electron chi connectivity index (χ1n) is 6.04. The lowest BCUT2D eigenvalue weighted by Gasteiger charge is -2.08. The van der Waals surface area contributed by atoms with Gasteiger partial charge in [-0.1, -0.05) is 41.9 Å². The summed E-state index contributed by atoms with van der Waals surface area (Å²) in [6.45, 7) is 0. The van der Waals surface area contributed by atoms with E-state index in [1.807, 2.05) is 30.3 Å². The molecular weight excluding hydrogens is 274 g/mol. The number of carboxylic acid groups (broad SMARTS) is 1. The summed E-state index contributed by atoms with van der Waals surface area (Å²) in [6.07, 6.45) is 1.73. The number of pyridine rings is 1. The first kappa shape index (κ1) is 12.6. The van der Waals surface area contributed by atoms with E-state index in [9.17, 15) is 4.79 Å². The van der Waals surface area contributed by atoms with Crippen LogP contribution in [0.4, 0.5) is 0 Å². The Morgan fingerprint density at radius 1 is 1.05 bits per heavy atom. The predicted molar refractivity (Wildman–Crippen MR) is 79.1 cm³/mol. The van der Waals surface area contributed by atoms with E-state index in [1.54, 1.807) is 18.3 Å². The normalized spacial score (nSPS) is 10.7. The third-order valence-corrected chi connectivity index (χ3v) is 3.45. The predicted octanol–water partition coefficient (Wildman–Crippen LogP) is 4.25. The van der Waals surface area contributed by atoms with Crippen LogP contribution in [0.15, 0.2) is 54.7 Å². The number of carboxylic acids is 1. The quantitative estimate of drug-likeness (QED) is 0.765. The van der Waals surface area contributed by atoms with Crippen LogP contribution in [0.1, 0.15) is 10.4 Å². The highest BCUT2D eigenvalue weighted by Gasteiger charge is 2.11. The highest BCUT2D eigenvalue weighted by Crippen LogP contribution is 2.33. The van der Waals surface area contributed by atoms with Gasteiger partial charge in [0.05, 0.1) is 11.1 Å². The molecule has 1 heterocycles. The third-order valence-electron chi connectivity index (χ3n) is 3.14. The number of nitrogens with zero attached hydrogens (tertiary/aromatic N) is 1. The minimum atomic E-state index is -0.991. The molecule has 2 aromatic carbocycles. The molecule has 0 fully saturated rings. The minimum Gasteiger partial charge on any atom is -0.478 e. The molecule has 20 heavy (non-hydrogen) atoms. The Hall–Kier alpha value is -2.39. The number of aromatic carboxylic acids is 1. The molecule has 4 heteroatoms. The van der Waals surface area contributed by atoms with E-state index in [2.05, 4.69) is 4.98 Å². The lowest BCUT2D eigenvalue weighted by atomic mass is 10.0. The number of hydrogen-bond donors (Lipinski definition) is 1. The maximum Gasteiger partial charge on any atom is 0.335 e. The average Bonchev–Trinajstić information content (AvgIpc) is 2.46. The van der Waals surface area contributed by atoms with Gasteiger partial charge in [0, 0.05) is 27.7 Å². The van der Waals surface area contributed by atoms with Gasteiger partial charge in [-0.05, 0) is 18.2 Å². The Morgan fingerprint density at radius 2 is 1.85 bits per heavy atom. The molecule has 0 bridgehead atoms. The molecule has 0 aliphatic heterocycles. The fourth-order valence-electron chi connectivity index (χ4n) is 2.19. The summed E-state index contributed by atoms with van der Waals surface area (Å²) in [4.78, 5) is 15.3. The summed E-state index contributed by atoms with van der Waals surface area (Å²) in [6, 6.07) is 14.4. The van der Waals surface area contributed by atoms with Gasteiger partial charge in [-0.2, -0.15) is 0 Å². The molecule has 3 rings (SSSR count). The molecule has 0 aliphatic rings. The fourth-order valence-corrected chi connectivity index (χ4v) is 2.47. The van der Waals surface area contributed by atoms with Crippen molar-refractivity contribution in [3.05, 3.63) is 65.3 Å². The molecule has 1 N–H and O–H groups in total. The first-order chi connectivity index (χ1) is 9.66. The van der Waals surface area contributed by atoms with Crippen molar-refractivity contribution in [3.63, 3.8) is 0 Å². The van der Waals surface area contributed by atoms with Gasteiger partial charge in [-0.3, -0.25) is 4.98 Å². The van der Waals surface area contributed by atoms with Gasteiger partial charge in [0.25, 0.3) is 0 Å². The van der Waals surface area contributed by atoms with Gasteiger partial charge in [0.1, 0.15) is 0 Å². The second kappa shape index (κ2) is 4.94. The first-order valence-corrected chi connectivity index (χ1v) is 6.41. The third kappa shape index (κ3) is 2.12. The number of fused-ring (bicyclic) bond motifs is 1. The maximum absolute atomic E-state index is 10.9. The van der Waals surface area contributed by atoms with Crippen molar-refractivity contribution in [1.82, 2.24) is 4.98 Å². The summed E-state index contributed by atoms with van der Waals surface area (Å²) < 4.78 is 0. The zero-order valence-corrected chi connectivity index (χ0v) is 11.1. The molecule has 0 amide bonds. The molecule has 0 aliphatic carbocycles. The zero-order chi connectivity index (χ0) is 14.1. The van der Waals surface area contributed by atoms with Crippen LogP contribution in [0, 0.1) is 0 Å². The maximum atomic E-state index is 10.9. The van der Waals surface area contributed by atoms with Crippen LogP contribution >= 0.6 is 11.6 Å². The Balaban J connectivity index is 2.23. The Kier molecular flexibility index (Phi) is 3.12. The van der Waals surface area contributed by atoms with Gasteiger partial charge in [0.15, 0.2) is 0 Å². The molecule has 0 unspecified atom stereocenters. The van der Waals surface area contributed by atoms with E-state index < -0.39 is 5.97 Å². The summed E-state index contributed by atoms with van der Waals surface area (Å²) in [5.74, 6) is -0.991. The number of para-hydroxylation sites is 1. The summed E-state index contributed by atoms with van der Waals surface area (Å²) in [5, 5.41) is 10.4. The SMILES string of the molecule is O=C(O)c1ccc(-c2cccc3cccnc23)c(Cl)c1. The van der Waals surface area contributed by atoms with E-state index in [0.717, 1.165) is 22.0 Å². The van der Waals surface area contributed by atoms with Gasteiger partial charge in [-0.15, -0.1) is 0 Å². The number of aromatic nitrogens is 1. The van der Waals surface area contributed by atoms with Crippen molar-refractivity contribution >= 4 is 28.5 Å². The standard InChI is InChI=1S/C16H10ClNO2/c17-14-9-11(16(19)20)6-7-12(14)13-5-1-3-10-4-2-8-18-15(10)13/h1-9H,(H,19,20). The van der Waals surface area contributed by atoms with E-state index in [4.69, 9.17) is 16.7 Å². The molecule has 3 aromatic rings.